The molecule has 3 rings (SSSR count). The van der Waals surface area contributed by atoms with E-state index in [1.54, 1.807) is 0 Å². The van der Waals surface area contributed by atoms with Crippen LogP contribution in [0.25, 0.3) is 0 Å². The van der Waals surface area contributed by atoms with Gasteiger partial charge in [-0.3, -0.25) is 9.48 Å². The Morgan fingerprint density at radius 3 is 2.74 bits per heavy atom. The lowest BCUT2D eigenvalue weighted by Crippen LogP contribution is -2.46. The number of nitrogens with zero attached hydrogens (tertiary/aromatic N) is 3. The number of rotatable bonds is 2. The maximum atomic E-state index is 12.3. The number of carbonyl (C=O) groups is 1. The number of carbonyl (C=O) groups excluding carboxylic acids is 1. The highest BCUT2D eigenvalue weighted by molar-refractivity contribution is 5.82. The van der Waals surface area contributed by atoms with Gasteiger partial charge >= 0.3 is 0 Å². The number of aryl methyl sites for hydroxylation is 1. The third-order valence-electron chi connectivity index (χ3n) is 4.44. The Bertz CT molecular complexity index is 442. The predicted molar refractivity (Wildman–Crippen MR) is 72.8 cm³/mol. The van der Waals surface area contributed by atoms with Crippen molar-refractivity contribution in [3.63, 3.8) is 0 Å². The molecule has 0 radical (unpaired) electrons. The van der Waals surface area contributed by atoms with Crippen LogP contribution in [0.15, 0.2) is 12.3 Å². The Morgan fingerprint density at radius 2 is 2.16 bits per heavy atom. The van der Waals surface area contributed by atoms with Gasteiger partial charge in [0.05, 0.1) is 6.04 Å². The highest BCUT2D eigenvalue weighted by atomic mass is 16.2. The molecule has 0 unspecified atom stereocenters. The van der Waals surface area contributed by atoms with Gasteiger partial charge in [0.25, 0.3) is 0 Å². The Morgan fingerprint density at radius 1 is 1.37 bits per heavy atom. The third-order valence-corrected chi connectivity index (χ3v) is 4.44. The van der Waals surface area contributed by atoms with Gasteiger partial charge in [-0.25, -0.2) is 0 Å². The minimum Gasteiger partial charge on any atom is -0.341 e. The molecule has 0 aromatic carbocycles. The molecule has 1 atom stereocenters. The number of hydrogen-bond acceptors (Lipinski definition) is 3. The highest BCUT2D eigenvalue weighted by Crippen LogP contribution is 2.28. The van der Waals surface area contributed by atoms with E-state index < -0.39 is 0 Å². The van der Waals surface area contributed by atoms with Crippen LogP contribution >= 0.6 is 0 Å². The fourth-order valence-electron chi connectivity index (χ4n) is 3.30. The summed E-state index contributed by atoms with van der Waals surface area (Å²) < 4.78 is 1.96. The zero-order valence-electron chi connectivity index (χ0n) is 11.5. The minimum absolute atomic E-state index is 0.0771. The number of piperidine rings is 1. The van der Waals surface area contributed by atoms with Crippen molar-refractivity contribution in [2.75, 3.05) is 19.6 Å². The molecule has 0 spiro atoms. The molecule has 0 aliphatic carbocycles. The molecule has 1 aromatic rings. The van der Waals surface area contributed by atoms with Gasteiger partial charge in [-0.15, -0.1) is 0 Å². The third kappa shape index (κ3) is 2.52. The van der Waals surface area contributed by atoms with E-state index in [0.717, 1.165) is 45.3 Å². The van der Waals surface area contributed by atoms with Crippen LogP contribution in [0.1, 0.15) is 37.3 Å². The average molecular weight is 262 g/mol. The lowest BCUT2D eigenvalue weighted by Gasteiger charge is -2.33. The van der Waals surface area contributed by atoms with Crippen molar-refractivity contribution in [2.45, 2.75) is 37.6 Å². The van der Waals surface area contributed by atoms with Gasteiger partial charge in [0, 0.05) is 37.9 Å². The first-order valence-corrected chi connectivity index (χ1v) is 7.26. The highest BCUT2D eigenvalue weighted by Gasteiger charge is 2.30. The van der Waals surface area contributed by atoms with E-state index in [1.165, 1.54) is 5.69 Å². The SMILES string of the molecule is Cn1nccc1C1CCN(C(=O)[C@@H]2CCCN2)CC1. The summed E-state index contributed by atoms with van der Waals surface area (Å²) in [6, 6.07) is 2.17. The van der Waals surface area contributed by atoms with Gasteiger partial charge in [-0.2, -0.15) is 5.10 Å². The molecule has 1 N–H and O–H groups in total. The Balaban J connectivity index is 1.57. The molecule has 3 heterocycles. The van der Waals surface area contributed by atoms with E-state index in [9.17, 15) is 4.79 Å². The molecule has 2 saturated heterocycles. The zero-order chi connectivity index (χ0) is 13.2. The molecule has 2 aliphatic heterocycles. The molecule has 1 aromatic heterocycles. The van der Waals surface area contributed by atoms with Crippen LogP contribution < -0.4 is 5.32 Å². The maximum Gasteiger partial charge on any atom is 0.239 e. The first-order valence-electron chi connectivity index (χ1n) is 7.26. The van der Waals surface area contributed by atoms with E-state index in [2.05, 4.69) is 16.5 Å². The maximum absolute atomic E-state index is 12.3. The molecule has 2 fully saturated rings. The largest absolute Gasteiger partial charge is 0.341 e. The number of hydrogen-bond donors (Lipinski definition) is 1. The lowest BCUT2D eigenvalue weighted by molar-refractivity contribution is -0.134. The molecular formula is C14H22N4O. The quantitative estimate of drug-likeness (QED) is 0.860. The van der Waals surface area contributed by atoms with E-state index >= 15 is 0 Å². The molecule has 0 saturated carbocycles. The second-order valence-electron chi connectivity index (χ2n) is 5.63. The first kappa shape index (κ1) is 12.7. The van der Waals surface area contributed by atoms with Crippen LogP contribution in [0.4, 0.5) is 0 Å². The summed E-state index contributed by atoms with van der Waals surface area (Å²) >= 11 is 0. The van der Waals surface area contributed by atoms with Crippen LogP contribution in [0.5, 0.6) is 0 Å². The van der Waals surface area contributed by atoms with Crippen molar-refractivity contribution in [2.24, 2.45) is 7.05 Å². The standard InChI is InChI=1S/C14H22N4O/c1-17-13(4-8-16-17)11-5-9-18(10-6-11)14(19)12-3-2-7-15-12/h4,8,11-12,15H,2-3,5-7,9-10H2,1H3/t12-/m0/s1. The number of nitrogens with one attached hydrogen (secondary N) is 1. The fourth-order valence-corrected chi connectivity index (χ4v) is 3.30. The second-order valence-corrected chi connectivity index (χ2v) is 5.63. The monoisotopic (exact) mass is 262 g/mol. The predicted octanol–water partition coefficient (Wildman–Crippen LogP) is 0.878. The van der Waals surface area contributed by atoms with Gasteiger partial charge in [0.15, 0.2) is 0 Å². The molecule has 104 valence electrons. The Hall–Kier alpha value is -1.36. The van der Waals surface area contributed by atoms with Gasteiger partial charge in [-0.1, -0.05) is 0 Å². The Labute approximate surface area is 114 Å². The number of amides is 1. The molecular weight excluding hydrogens is 240 g/mol. The van der Waals surface area contributed by atoms with Crippen molar-refractivity contribution >= 4 is 5.91 Å². The van der Waals surface area contributed by atoms with Crippen LogP contribution in [0.3, 0.4) is 0 Å². The first-order chi connectivity index (χ1) is 9.25. The fraction of sp³-hybridized carbons (Fsp3) is 0.714. The van der Waals surface area contributed by atoms with Crippen LogP contribution in [0, 0.1) is 0 Å². The van der Waals surface area contributed by atoms with Crippen molar-refractivity contribution in [1.29, 1.82) is 0 Å². The van der Waals surface area contributed by atoms with Gasteiger partial charge in [-0.05, 0) is 38.3 Å². The van der Waals surface area contributed by atoms with Gasteiger partial charge < -0.3 is 10.2 Å². The van der Waals surface area contributed by atoms with Crippen LogP contribution in [-0.2, 0) is 11.8 Å². The van der Waals surface area contributed by atoms with E-state index in [1.807, 2.05) is 22.8 Å². The van der Waals surface area contributed by atoms with E-state index in [0.29, 0.717) is 11.8 Å². The summed E-state index contributed by atoms with van der Waals surface area (Å²) in [4.78, 5) is 14.3. The average Bonchev–Trinajstić information content (AvgIpc) is 3.09. The summed E-state index contributed by atoms with van der Waals surface area (Å²) in [6.07, 6.45) is 6.09. The van der Waals surface area contributed by atoms with Crippen molar-refractivity contribution < 1.29 is 4.79 Å². The van der Waals surface area contributed by atoms with Crippen LogP contribution in [-0.4, -0.2) is 46.3 Å². The summed E-state index contributed by atoms with van der Waals surface area (Å²) in [5.74, 6) is 0.856. The second kappa shape index (κ2) is 5.33. The smallest absolute Gasteiger partial charge is 0.239 e. The normalized spacial score (nSPS) is 24.9. The molecule has 5 nitrogen and oxygen atoms in total. The lowest BCUT2D eigenvalue weighted by atomic mass is 9.93. The molecule has 2 aliphatic rings. The number of aromatic nitrogens is 2. The zero-order valence-corrected chi connectivity index (χ0v) is 11.5. The molecule has 1 amide bonds. The van der Waals surface area contributed by atoms with E-state index in [-0.39, 0.29) is 6.04 Å². The summed E-state index contributed by atoms with van der Waals surface area (Å²) in [5, 5.41) is 7.53. The van der Waals surface area contributed by atoms with Crippen molar-refractivity contribution in [3.8, 4) is 0 Å². The molecule has 19 heavy (non-hydrogen) atoms. The minimum atomic E-state index is 0.0771. The summed E-state index contributed by atoms with van der Waals surface area (Å²) in [7, 11) is 2.00. The molecule has 0 bridgehead atoms. The van der Waals surface area contributed by atoms with Gasteiger partial charge in [0.1, 0.15) is 0 Å². The topological polar surface area (TPSA) is 50.2 Å². The summed E-state index contributed by atoms with van der Waals surface area (Å²) in [5.41, 5.74) is 1.30. The van der Waals surface area contributed by atoms with Crippen molar-refractivity contribution in [3.05, 3.63) is 18.0 Å². The van der Waals surface area contributed by atoms with Gasteiger partial charge in [0.2, 0.25) is 5.91 Å². The van der Waals surface area contributed by atoms with Crippen molar-refractivity contribution in [1.82, 2.24) is 20.0 Å². The summed E-state index contributed by atoms with van der Waals surface area (Å²) in [6.45, 7) is 2.75. The Kier molecular flexibility index (Phi) is 3.55. The van der Waals surface area contributed by atoms with Crippen LogP contribution in [0.2, 0.25) is 0 Å². The van der Waals surface area contributed by atoms with E-state index in [4.69, 9.17) is 0 Å². The number of likely N-dealkylation sites (tertiary alicyclic amines) is 1. The molecule has 5 heteroatoms.